The lowest BCUT2D eigenvalue weighted by molar-refractivity contribution is 0.00231. The maximum Gasteiger partial charge on any atom is 0.244 e. The minimum absolute atomic E-state index is 0.00709. The number of pyridine rings is 1. The van der Waals surface area contributed by atoms with Crippen LogP contribution >= 0.6 is 0 Å². The quantitative estimate of drug-likeness (QED) is 0.798. The van der Waals surface area contributed by atoms with Gasteiger partial charge in [-0.2, -0.15) is 4.31 Å². The van der Waals surface area contributed by atoms with Crippen LogP contribution in [0.1, 0.15) is 19.3 Å². The highest BCUT2D eigenvalue weighted by atomic mass is 32.2. The third kappa shape index (κ3) is 2.98. The van der Waals surface area contributed by atoms with E-state index in [0.717, 1.165) is 32.0 Å². The first-order valence-electron chi connectivity index (χ1n) is 8.76. The van der Waals surface area contributed by atoms with Gasteiger partial charge in [-0.05, 0) is 37.3 Å². The van der Waals surface area contributed by atoms with Crippen LogP contribution in [0.15, 0.2) is 29.4 Å². The van der Waals surface area contributed by atoms with Crippen molar-refractivity contribution in [3.63, 3.8) is 0 Å². The lowest BCUT2D eigenvalue weighted by atomic mass is 9.91. The van der Waals surface area contributed by atoms with Gasteiger partial charge in [-0.1, -0.05) is 0 Å². The Hall–Kier alpha value is -1.02. The molecule has 4 rings (SSSR count). The van der Waals surface area contributed by atoms with Gasteiger partial charge in [0.15, 0.2) is 0 Å². The van der Waals surface area contributed by atoms with Crippen molar-refractivity contribution in [2.24, 2.45) is 11.8 Å². The van der Waals surface area contributed by atoms with Crippen molar-refractivity contribution in [3.05, 3.63) is 24.5 Å². The molecule has 6 nitrogen and oxygen atoms in total. The molecule has 3 atom stereocenters. The first kappa shape index (κ1) is 16.4. The molecular formula is C17H25N3O3S. The number of likely N-dealkylation sites (tertiary alicyclic amines) is 1. The van der Waals surface area contributed by atoms with Crippen LogP contribution < -0.4 is 0 Å². The molecule has 2 aliphatic heterocycles. The number of fused-ring (bicyclic) bond motifs is 1. The fourth-order valence-corrected chi connectivity index (χ4v) is 5.88. The molecular weight excluding hydrogens is 326 g/mol. The summed E-state index contributed by atoms with van der Waals surface area (Å²) in [4.78, 5) is 6.72. The summed E-state index contributed by atoms with van der Waals surface area (Å²) < 4.78 is 33.6. The van der Waals surface area contributed by atoms with Gasteiger partial charge in [-0.15, -0.1) is 0 Å². The molecule has 7 heteroatoms. The highest BCUT2D eigenvalue weighted by Crippen LogP contribution is 2.38. The largest absolute Gasteiger partial charge is 0.381 e. The average molecular weight is 351 g/mol. The van der Waals surface area contributed by atoms with Crippen molar-refractivity contribution < 1.29 is 13.2 Å². The van der Waals surface area contributed by atoms with Gasteiger partial charge in [0, 0.05) is 57.6 Å². The number of ether oxygens (including phenoxy) is 1. The molecule has 24 heavy (non-hydrogen) atoms. The third-order valence-electron chi connectivity index (χ3n) is 5.65. The van der Waals surface area contributed by atoms with Gasteiger partial charge in [0.25, 0.3) is 0 Å². The fourth-order valence-electron chi connectivity index (χ4n) is 4.24. The zero-order valence-corrected chi connectivity index (χ0v) is 14.9. The van der Waals surface area contributed by atoms with E-state index in [2.05, 4.69) is 9.88 Å². The molecule has 0 radical (unpaired) electrons. The third-order valence-corrected chi connectivity index (χ3v) is 7.56. The van der Waals surface area contributed by atoms with Crippen molar-refractivity contribution >= 4 is 10.0 Å². The van der Waals surface area contributed by atoms with Gasteiger partial charge >= 0.3 is 0 Å². The summed E-state index contributed by atoms with van der Waals surface area (Å²) in [5.41, 5.74) is 0. The van der Waals surface area contributed by atoms with E-state index < -0.39 is 10.0 Å². The molecule has 0 spiro atoms. The Bertz CT molecular complexity index is 678. The van der Waals surface area contributed by atoms with E-state index in [0.29, 0.717) is 11.4 Å². The number of hydrogen-bond donors (Lipinski definition) is 0. The minimum Gasteiger partial charge on any atom is -0.381 e. The molecule has 1 aromatic rings. The molecule has 0 unspecified atom stereocenters. The first-order chi connectivity index (χ1) is 11.6. The second-order valence-electron chi connectivity index (χ2n) is 7.26. The molecule has 3 heterocycles. The summed E-state index contributed by atoms with van der Waals surface area (Å²) in [6, 6.07) is 3.32. The Kier molecular flexibility index (Phi) is 4.36. The molecule has 1 aliphatic carbocycles. The molecule has 0 amide bonds. The van der Waals surface area contributed by atoms with Crippen molar-refractivity contribution in [2.45, 2.75) is 36.3 Å². The minimum atomic E-state index is -3.50. The topological polar surface area (TPSA) is 62.7 Å². The van der Waals surface area contributed by atoms with Crippen LogP contribution in [0.2, 0.25) is 0 Å². The van der Waals surface area contributed by atoms with Crippen molar-refractivity contribution in [1.29, 1.82) is 0 Å². The number of nitrogens with zero attached hydrogens (tertiary/aromatic N) is 3. The highest BCUT2D eigenvalue weighted by molar-refractivity contribution is 7.89. The Morgan fingerprint density at radius 1 is 1.29 bits per heavy atom. The Labute approximate surface area is 143 Å². The van der Waals surface area contributed by atoms with Crippen molar-refractivity contribution in [1.82, 2.24) is 14.2 Å². The van der Waals surface area contributed by atoms with E-state index in [1.54, 1.807) is 29.7 Å². The second kappa shape index (κ2) is 6.37. The van der Waals surface area contributed by atoms with Gasteiger partial charge in [0.05, 0.1) is 6.10 Å². The molecule has 1 saturated carbocycles. The predicted octanol–water partition coefficient (Wildman–Crippen LogP) is 1.20. The normalized spacial score (nSPS) is 32.0. The standard InChI is InChI=1S/C17H25N3O3S/c1-23-17-6-8-20(24(21,22)14-3-2-7-18-9-14)16-12-19(11-15(16)17)10-13-4-5-13/h2-3,7,9,13,15-17H,4-6,8,10-12H2,1H3/t15-,16+,17-/m1/s1. The molecule has 3 fully saturated rings. The zero-order valence-electron chi connectivity index (χ0n) is 14.0. The Morgan fingerprint density at radius 3 is 2.79 bits per heavy atom. The van der Waals surface area contributed by atoms with Gasteiger partial charge in [-0.3, -0.25) is 4.98 Å². The molecule has 0 bridgehead atoms. The van der Waals surface area contributed by atoms with Gasteiger partial charge in [0.2, 0.25) is 10.0 Å². The van der Waals surface area contributed by atoms with E-state index in [1.807, 2.05) is 0 Å². The van der Waals surface area contributed by atoms with E-state index >= 15 is 0 Å². The lowest BCUT2D eigenvalue weighted by Crippen LogP contribution is -2.53. The van der Waals surface area contributed by atoms with Gasteiger partial charge < -0.3 is 9.64 Å². The molecule has 0 aromatic carbocycles. The van der Waals surface area contributed by atoms with E-state index in [-0.39, 0.29) is 18.1 Å². The zero-order chi connectivity index (χ0) is 16.7. The monoisotopic (exact) mass is 351 g/mol. The average Bonchev–Trinajstić information content (AvgIpc) is 3.30. The maximum absolute atomic E-state index is 13.1. The van der Waals surface area contributed by atoms with Gasteiger partial charge in [-0.25, -0.2) is 8.42 Å². The Morgan fingerprint density at radius 2 is 2.12 bits per heavy atom. The molecule has 132 valence electrons. The number of methoxy groups -OCH3 is 1. The van der Waals surface area contributed by atoms with Crippen molar-refractivity contribution in [3.8, 4) is 0 Å². The van der Waals surface area contributed by atoms with E-state index in [1.165, 1.54) is 19.0 Å². The number of aromatic nitrogens is 1. The lowest BCUT2D eigenvalue weighted by Gasteiger charge is -2.40. The smallest absolute Gasteiger partial charge is 0.244 e. The van der Waals surface area contributed by atoms with Crippen LogP contribution in [0.4, 0.5) is 0 Å². The van der Waals surface area contributed by atoms with Crippen LogP contribution in [-0.4, -0.2) is 68.0 Å². The first-order valence-corrected chi connectivity index (χ1v) is 10.2. The van der Waals surface area contributed by atoms with Crippen LogP contribution in [0.25, 0.3) is 0 Å². The van der Waals surface area contributed by atoms with E-state index in [4.69, 9.17) is 4.74 Å². The van der Waals surface area contributed by atoms with Crippen LogP contribution in [0.5, 0.6) is 0 Å². The summed E-state index contributed by atoms with van der Waals surface area (Å²) in [6.07, 6.45) is 6.60. The summed E-state index contributed by atoms with van der Waals surface area (Å²) in [5, 5.41) is 0. The summed E-state index contributed by atoms with van der Waals surface area (Å²) in [5.74, 6) is 1.07. The Balaban J connectivity index is 1.59. The van der Waals surface area contributed by atoms with Crippen LogP contribution in [0.3, 0.4) is 0 Å². The fraction of sp³-hybridized carbons (Fsp3) is 0.706. The molecule has 0 N–H and O–H groups in total. The highest BCUT2D eigenvalue weighted by Gasteiger charge is 2.49. The maximum atomic E-state index is 13.1. The summed E-state index contributed by atoms with van der Waals surface area (Å²) in [6.45, 7) is 3.39. The summed E-state index contributed by atoms with van der Waals surface area (Å²) in [7, 11) is -1.75. The number of rotatable bonds is 5. The second-order valence-corrected chi connectivity index (χ2v) is 9.15. The van der Waals surface area contributed by atoms with Crippen LogP contribution in [0, 0.1) is 11.8 Å². The van der Waals surface area contributed by atoms with Gasteiger partial charge in [0.1, 0.15) is 4.90 Å². The predicted molar refractivity (Wildman–Crippen MR) is 90.0 cm³/mol. The number of sulfonamides is 1. The SMILES string of the molecule is CO[C@@H]1CCN(S(=O)(=O)c2cccnc2)[C@H]2CN(CC3CC3)C[C@@H]12. The molecule has 1 aromatic heterocycles. The summed E-state index contributed by atoms with van der Waals surface area (Å²) >= 11 is 0. The van der Waals surface area contributed by atoms with Crippen molar-refractivity contribution in [2.75, 3.05) is 33.3 Å². The van der Waals surface area contributed by atoms with Crippen LogP contribution in [-0.2, 0) is 14.8 Å². The number of hydrogen-bond acceptors (Lipinski definition) is 5. The van der Waals surface area contributed by atoms with E-state index in [9.17, 15) is 8.42 Å². The molecule has 2 saturated heterocycles. The molecule has 3 aliphatic rings. The number of piperidine rings is 1.